The maximum Gasteiger partial charge on any atom is 0.410 e. The quantitative estimate of drug-likeness (QED) is 0.705. The van der Waals surface area contributed by atoms with Crippen molar-refractivity contribution in [2.24, 2.45) is 11.1 Å². The van der Waals surface area contributed by atoms with Gasteiger partial charge in [-0.05, 0) is 51.9 Å². The summed E-state index contributed by atoms with van der Waals surface area (Å²) in [6.07, 6.45) is 4.27. The van der Waals surface area contributed by atoms with Crippen molar-refractivity contribution in [2.75, 3.05) is 13.1 Å². The van der Waals surface area contributed by atoms with E-state index in [2.05, 4.69) is 0 Å². The first-order valence-corrected chi connectivity index (χ1v) is 6.56. The van der Waals surface area contributed by atoms with Gasteiger partial charge in [0.15, 0.2) is 0 Å². The maximum atomic E-state index is 11.9. The van der Waals surface area contributed by atoms with E-state index in [0.29, 0.717) is 11.5 Å². The molecule has 0 unspecified atom stereocenters. The van der Waals surface area contributed by atoms with Gasteiger partial charge in [-0.2, -0.15) is 0 Å². The van der Waals surface area contributed by atoms with Crippen molar-refractivity contribution in [1.82, 2.24) is 4.90 Å². The molecule has 17 heavy (non-hydrogen) atoms. The highest BCUT2D eigenvalue weighted by molar-refractivity contribution is 5.68. The molecule has 2 fully saturated rings. The number of amides is 1. The molecular weight excluding hydrogens is 216 g/mol. The highest BCUT2D eigenvalue weighted by atomic mass is 16.6. The van der Waals surface area contributed by atoms with Crippen LogP contribution in [0.15, 0.2) is 0 Å². The van der Waals surface area contributed by atoms with Crippen LogP contribution in [0.25, 0.3) is 0 Å². The predicted molar refractivity (Wildman–Crippen MR) is 66.7 cm³/mol. The van der Waals surface area contributed by atoms with Gasteiger partial charge in [0.2, 0.25) is 0 Å². The fourth-order valence-electron chi connectivity index (χ4n) is 2.80. The molecule has 1 atom stereocenters. The molecular formula is C13H24N2O2. The summed E-state index contributed by atoms with van der Waals surface area (Å²) < 4.78 is 5.38. The number of nitrogens with zero attached hydrogens (tertiary/aromatic N) is 1. The van der Waals surface area contributed by atoms with E-state index in [-0.39, 0.29) is 6.09 Å². The molecule has 1 aliphatic carbocycles. The molecule has 0 aromatic carbocycles. The first-order valence-electron chi connectivity index (χ1n) is 6.56. The van der Waals surface area contributed by atoms with Gasteiger partial charge >= 0.3 is 6.09 Å². The van der Waals surface area contributed by atoms with Crippen LogP contribution >= 0.6 is 0 Å². The lowest BCUT2D eigenvalue weighted by atomic mass is 9.60. The molecule has 4 nitrogen and oxygen atoms in total. The van der Waals surface area contributed by atoms with Crippen LogP contribution in [0, 0.1) is 5.41 Å². The molecule has 1 amide bonds. The van der Waals surface area contributed by atoms with Gasteiger partial charge in [0.25, 0.3) is 0 Å². The Hall–Kier alpha value is -0.770. The third kappa shape index (κ3) is 2.57. The zero-order valence-corrected chi connectivity index (χ0v) is 11.2. The summed E-state index contributed by atoms with van der Waals surface area (Å²) in [6, 6.07) is 0.350. The Morgan fingerprint density at radius 2 is 1.88 bits per heavy atom. The summed E-state index contributed by atoms with van der Waals surface area (Å²) in [5, 5.41) is 0. The molecule has 2 aliphatic rings. The van der Waals surface area contributed by atoms with Crippen LogP contribution in [-0.4, -0.2) is 35.7 Å². The first kappa shape index (κ1) is 12.7. The van der Waals surface area contributed by atoms with Crippen molar-refractivity contribution in [2.45, 2.75) is 58.1 Å². The minimum absolute atomic E-state index is 0.180. The Morgan fingerprint density at radius 1 is 1.29 bits per heavy atom. The van der Waals surface area contributed by atoms with Crippen molar-refractivity contribution in [3.63, 3.8) is 0 Å². The average molecular weight is 240 g/mol. The second-order valence-corrected chi connectivity index (χ2v) is 6.47. The number of ether oxygens (including phenoxy) is 1. The Kier molecular flexibility index (Phi) is 3.10. The number of rotatable bonds is 0. The molecule has 1 saturated heterocycles. The molecule has 0 radical (unpaired) electrons. The zero-order chi connectivity index (χ0) is 12.7. The normalized spacial score (nSPS) is 27.8. The number of nitrogens with two attached hydrogens (primary N) is 1. The molecule has 0 aromatic rings. The Balaban J connectivity index is 1.85. The van der Waals surface area contributed by atoms with E-state index in [9.17, 15) is 4.79 Å². The number of likely N-dealkylation sites (tertiary alicyclic amines) is 1. The van der Waals surface area contributed by atoms with E-state index in [1.807, 2.05) is 25.7 Å². The third-order valence-corrected chi connectivity index (χ3v) is 4.15. The van der Waals surface area contributed by atoms with E-state index >= 15 is 0 Å². The summed E-state index contributed by atoms with van der Waals surface area (Å²) in [7, 11) is 0. The molecule has 98 valence electrons. The molecule has 1 spiro atoms. The van der Waals surface area contributed by atoms with Gasteiger partial charge < -0.3 is 15.4 Å². The molecule has 1 aliphatic heterocycles. The zero-order valence-electron chi connectivity index (χ0n) is 11.2. The van der Waals surface area contributed by atoms with Crippen LogP contribution in [0.2, 0.25) is 0 Å². The van der Waals surface area contributed by atoms with Gasteiger partial charge in [-0.15, -0.1) is 0 Å². The van der Waals surface area contributed by atoms with Crippen molar-refractivity contribution in [3.8, 4) is 0 Å². The largest absolute Gasteiger partial charge is 0.444 e. The van der Waals surface area contributed by atoms with Gasteiger partial charge in [-0.3, -0.25) is 0 Å². The van der Waals surface area contributed by atoms with Crippen molar-refractivity contribution >= 4 is 6.09 Å². The van der Waals surface area contributed by atoms with E-state index in [4.69, 9.17) is 10.5 Å². The molecule has 4 heteroatoms. The van der Waals surface area contributed by atoms with E-state index in [0.717, 1.165) is 32.4 Å². The summed E-state index contributed by atoms with van der Waals surface area (Å²) >= 11 is 0. The smallest absolute Gasteiger partial charge is 0.410 e. The van der Waals surface area contributed by atoms with Crippen LogP contribution in [0.3, 0.4) is 0 Å². The van der Waals surface area contributed by atoms with Crippen molar-refractivity contribution < 1.29 is 9.53 Å². The topological polar surface area (TPSA) is 55.6 Å². The third-order valence-electron chi connectivity index (χ3n) is 4.15. The number of hydrogen-bond acceptors (Lipinski definition) is 3. The average Bonchev–Trinajstić information content (AvgIpc) is 2.25. The van der Waals surface area contributed by atoms with Gasteiger partial charge in [-0.25, -0.2) is 4.79 Å². The van der Waals surface area contributed by atoms with Gasteiger partial charge in [0, 0.05) is 19.1 Å². The molecule has 2 rings (SSSR count). The molecule has 0 aromatic heterocycles. The summed E-state index contributed by atoms with van der Waals surface area (Å²) in [6.45, 7) is 7.29. The number of piperidine rings is 1. The highest BCUT2D eigenvalue weighted by Crippen LogP contribution is 2.48. The predicted octanol–water partition coefficient (Wildman–Crippen LogP) is 2.12. The molecule has 1 saturated carbocycles. The number of carbonyl (C=O) groups excluding carboxylic acids is 1. The number of carbonyl (C=O) groups is 1. The minimum atomic E-state index is -0.404. The van der Waals surface area contributed by atoms with Gasteiger partial charge in [0.05, 0.1) is 0 Å². The fraction of sp³-hybridized carbons (Fsp3) is 0.923. The van der Waals surface area contributed by atoms with Crippen LogP contribution < -0.4 is 5.73 Å². The standard InChI is InChI=1S/C13H24N2O2/c1-12(2,3)17-11(16)15-8-6-13(7-9-15)5-4-10(13)14/h10H,4-9,14H2,1-3H3/t10-/m1/s1. The van der Waals surface area contributed by atoms with Crippen LogP contribution in [0.1, 0.15) is 46.5 Å². The van der Waals surface area contributed by atoms with Crippen molar-refractivity contribution in [1.29, 1.82) is 0 Å². The Labute approximate surface area is 103 Å². The van der Waals surface area contributed by atoms with E-state index in [1.54, 1.807) is 0 Å². The van der Waals surface area contributed by atoms with Gasteiger partial charge in [0.1, 0.15) is 5.60 Å². The SMILES string of the molecule is CC(C)(C)OC(=O)N1CCC2(CC[C@H]2N)CC1. The lowest BCUT2D eigenvalue weighted by Crippen LogP contribution is -2.57. The Morgan fingerprint density at radius 3 is 2.24 bits per heavy atom. The highest BCUT2D eigenvalue weighted by Gasteiger charge is 2.47. The Bertz CT molecular complexity index is 301. The second kappa shape index (κ2) is 4.16. The van der Waals surface area contributed by atoms with Crippen LogP contribution in [0.5, 0.6) is 0 Å². The molecule has 0 bridgehead atoms. The lowest BCUT2D eigenvalue weighted by Gasteiger charge is -2.52. The summed E-state index contributed by atoms with van der Waals surface area (Å²) in [5.41, 5.74) is 6.00. The van der Waals surface area contributed by atoms with E-state index in [1.165, 1.54) is 6.42 Å². The van der Waals surface area contributed by atoms with Crippen LogP contribution in [0.4, 0.5) is 4.79 Å². The fourth-order valence-corrected chi connectivity index (χ4v) is 2.80. The minimum Gasteiger partial charge on any atom is -0.444 e. The maximum absolute atomic E-state index is 11.9. The molecule has 1 heterocycles. The van der Waals surface area contributed by atoms with Crippen molar-refractivity contribution in [3.05, 3.63) is 0 Å². The van der Waals surface area contributed by atoms with E-state index < -0.39 is 5.60 Å². The van der Waals surface area contributed by atoms with Gasteiger partial charge in [-0.1, -0.05) is 0 Å². The van der Waals surface area contributed by atoms with Crippen LogP contribution in [-0.2, 0) is 4.74 Å². The summed E-state index contributed by atoms with van der Waals surface area (Å²) in [5.74, 6) is 0. The molecule has 2 N–H and O–H groups in total. The monoisotopic (exact) mass is 240 g/mol. The lowest BCUT2D eigenvalue weighted by molar-refractivity contribution is -0.0148. The summed E-state index contributed by atoms with van der Waals surface area (Å²) in [4.78, 5) is 13.7. The second-order valence-electron chi connectivity index (χ2n) is 6.47. The number of hydrogen-bond donors (Lipinski definition) is 1. The first-order chi connectivity index (χ1) is 7.82.